The van der Waals surface area contributed by atoms with Gasteiger partial charge in [0.2, 0.25) is 0 Å². The summed E-state index contributed by atoms with van der Waals surface area (Å²) in [6.45, 7) is 0. The third-order valence-electron chi connectivity index (χ3n) is 1.93. The van der Waals surface area contributed by atoms with Crippen LogP contribution in [0.15, 0.2) is 12.1 Å². The van der Waals surface area contributed by atoms with Gasteiger partial charge in [-0.15, -0.1) is 0 Å². The molecule has 7 heteroatoms. The van der Waals surface area contributed by atoms with E-state index in [1.165, 1.54) is 0 Å². The normalized spacial score (nSPS) is 14.6. The Balaban J connectivity index is 3.22. The Hall–Kier alpha value is -1.24. The first-order valence-corrected chi connectivity index (χ1v) is 4.46. The minimum absolute atomic E-state index is 0.675. The van der Waals surface area contributed by atoms with Gasteiger partial charge >= 0.3 is 5.97 Å². The van der Waals surface area contributed by atoms with Gasteiger partial charge in [0, 0.05) is 5.56 Å². The van der Waals surface area contributed by atoms with Gasteiger partial charge in [-0.25, -0.2) is 13.6 Å². The fourth-order valence-electron chi connectivity index (χ4n) is 1.11. The summed E-state index contributed by atoms with van der Waals surface area (Å²) in [5, 5.41) is 26.0. The number of aliphatic carboxylic acids is 1. The lowest BCUT2D eigenvalue weighted by Gasteiger charge is -2.16. The van der Waals surface area contributed by atoms with Gasteiger partial charge in [0.1, 0.15) is 17.7 Å². The summed E-state index contributed by atoms with van der Waals surface area (Å²) in [5.74, 6) is -3.89. The molecule has 0 aliphatic heterocycles. The van der Waals surface area contributed by atoms with Crippen molar-refractivity contribution in [2.24, 2.45) is 0 Å². The second kappa shape index (κ2) is 4.73. The lowest BCUT2D eigenvalue weighted by molar-refractivity contribution is -0.153. The molecule has 0 aliphatic carbocycles. The average molecular weight is 253 g/mol. The van der Waals surface area contributed by atoms with E-state index in [0.717, 1.165) is 6.07 Å². The van der Waals surface area contributed by atoms with Crippen molar-refractivity contribution in [2.75, 3.05) is 0 Å². The Morgan fingerprint density at radius 3 is 2.25 bits per heavy atom. The molecular weight excluding hydrogens is 246 g/mol. The molecule has 88 valence electrons. The summed E-state index contributed by atoms with van der Waals surface area (Å²) in [6, 6.07) is 1.40. The Morgan fingerprint density at radius 1 is 1.25 bits per heavy atom. The molecule has 0 radical (unpaired) electrons. The highest BCUT2D eigenvalue weighted by Gasteiger charge is 2.30. The molecule has 4 nitrogen and oxygen atoms in total. The van der Waals surface area contributed by atoms with Crippen LogP contribution >= 0.6 is 11.6 Å². The lowest BCUT2D eigenvalue weighted by Crippen LogP contribution is -2.28. The number of aliphatic hydroxyl groups excluding tert-OH is 2. The third-order valence-corrected chi connectivity index (χ3v) is 2.31. The van der Waals surface area contributed by atoms with Crippen molar-refractivity contribution >= 4 is 17.6 Å². The molecule has 1 aromatic rings. The first-order chi connectivity index (χ1) is 7.36. The van der Waals surface area contributed by atoms with Crippen molar-refractivity contribution < 1.29 is 28.9 Å². The van der Waals surface area contributed by atoms with E-state index in [2.05, 4.69) is 0 Å². The van der Waals surface area contributed by atoms with Gasteiger partial charge in [0.15, 0.2) is 6.10 Å². The maximum atomic E-state index is 13.2. The summed E-state index contributed by atoms with van der Waals surface area (Å²) >= 11 is 5.36. The topological polar surface area (TPSA) is 77.8 Å². The zero-order valence-corrected chi connectivity index (χ0v) is 8.45. The molecule has 0 heterocycles. The van der Waals surface area contributed by atoms with Gasteiger partial charge in [-0.3, -0.25) is 0 Å². The second-order valence-electron chi connectivity index (χ2n) is 2.98. The number of halogens is 3. The quantitative estimate of drug-likeness (QED) is 0.704. The van der Waals surface area contributed by atoms with Crippen molar-refractivity contribution in [3.63, 3.8) is 0 Å². The molecule has 0 saturated heterocycles. The van der Waals surface area contributed by atoms with E-state index >= 15 is 0 Å². The van der Waals surface area contributed by atoms with Crippen molar-refractivity contribution in [3.05, 3.63) is 34.4 Å². The van der Waals surface area contributed by atoms with Gasteiger partial charge < -0.3 is 15.3 Å². The minimum Gasteiger partial charge on any atom is -0.479 e. The fourth-order valence-corrected chi connectivity index (χ4v) is 1.37. The van der Waals surface area contributed by atoms with Crippen LogP contribution < -0.4 is 0 Å². The van der Waals surface area contributed by atoms with E-state index in [0.29, 0.717) is 6.07 Å². The number of benzene rings is 1. The van der Waals surface area contributed by atoms with Crippen LogP contribution in [0.3, 0.4) is 0 Å². The number of hydrogen-bond donors (Lipinski definition) is 3. The summed E-state index contributed by atoms with van der Waals surface area (Å²) in [4.78, 5) is 10.4. The highest BCUT2D eigenvalue weighted by atomic mass is 35.5. The molecule has 2 atom stereocenters. The van der Waals surface area contributed by atoms with Crippen molar-refractivity contribution in [2.45, 2.75) is 12.2 Å². The van der Waals surface area contributed by atoms with Gasteiger partial charge in [-0.1, -0.05) is 11.6 Å². The van der Waals surface area contributed by atoms with Crippen LogP contribution in [0.2, 0.25) is 5.02 Å². The van der Waals surface area contributed by atoms with Crippen LogP contribution in [0.5, 0.6) is 0 Å². The van der Waals surface area contributed by atoms with E-state index in [9.17, 15) is 18.7 Å². The lowest BCUT2D eigenvalue weighted by atomic mass is 10.0. The summed E-state index contributed by atoms with van der Waals surface area (Å²) in [7, 11) is 0. The monoisotopic (exact) mass is 252 g/mol. The molecule has 0 bridgehead atoms. The maximum absolute atomic E-state index is 13.2. The molecule has 2 unspecified atom stereocenters. The molecule has 0 amide bonds. The molecule has 1 aromatic carbocycles. The van der Waals surface area contributed by atoms with Gasteiger partial charge in [-0.05, 0) is 12.1 Å². The van der Waals surface area contributed by atoms with Crippen LogP contribution in [0.25, 0.3) is 0 Å². The van der Waals surface area contributed by atoms with Crippen molar-refractivity contribution in [1.82, 2.24) is 0 Å². The Labute approximate surface area is 93.7 Å². The molecule has 3 N–H and O–H groups in total. The van der Waals surface area contributed by atoms with E-state index in [1.54, 1.807) is 0 Å². The van der Waals surface area contributed by atoms with Crippen LogP contribution in [-0.4, -0.2) is 27.4 Å². The van der Waals surface area contributed by atoms with E-state index in [1.807, 2.05) is 0 Å². The average Bonchev–Trinajstić information content (AvgIpc) is 2.22. The third kappa shape index (κ3) is 2.29. The first-order valence-electron chi connectivity index (χ1n) is 4.08. The highest BCUT2D eigenvalue weighted by Crippen LogP contribution is 2.30. The second-order valence-corrected chi connectivity index (χ2v) is 3.36. The smallest absolute Gasteiger partial charge is 0.335 e. The standard InChI is InChI=1S/C9H7ClF2O4/c10-6-4(12)2-1-3(11)5(6)7(13)8(14)9(15)16/h1-2,7-8,13-14H,(H,15,16). The molecule has 1 rings (SSSR count). The maximum Gasteiger partial charge on any atom is 0.335 e. The molecule has 0 spiro atoms. The molecule has 0 fully saturated rings. The predicted octanol–water partition coefficient (Wildman–Crippen LogP) is 1.10. The minimum atomic E-state index is -2.28. The Morgan fingerprint density at radius 2 is 1.75 bits per heavy atom. The Bertz CT molecular complexity index is 424. The number of rotatable bonds is 3. The number of carboxylic acids is 1. The SMILES string of the molecule is O=C(O)C(O)C(O)c1c(F)ccc(F)c1Cl. The van der Waals surface area contributed by atoms with Gasteiger partial charge in [0.25, 0.3) is 0 Å². The largest absolute Gasteiger partial charge is 0.479 e. The van der Waals surface area contributed by atoms with Crippen LogP contribution in [0.4, 0.5) is 8.78 Å². The highest BCUT2D eigenvalue weighted by molar-refractivity contribution is 6.31. The van der Waals surface area contributed by atoms with Gasteiger partial charge in [0.05, 0.1) is 5.02 Å². The number of carbonyl (C=O) groups is 1. The molecule has 0 aliphatic rings. The zero-order valence-electron chi connectivity index (χ0n) is 7.69. The van der Waals surface area contributed by atoms with Crippen LogP contribution in [-0.2, 0) is 4.79 Å². The van der Waals surface area contributed by atoms with Crippen molar-refractivity contribution in [1.29, 1.82) is 0 Å². The van der Waals surface area contributed by atoms with Gasteiger partial charge in [-0.2, -0.15) is 0 Å². The fraction of sp³-hybridized carbons (Fsp3) is 0.222. The predicted molar refractivity (Wildman–Crippen MR) is 50.0 cm³/mol. The van der Waals surface area contributed by atoms with E-state index in [4.69, 9.17) is 21.8 Å². The molecular formula is C9H7ClF2O4. The first kappa shape index (κ1) is 12.8. The number of carboxylic acid groups (broad SMARTS) is 1. The zero-order chi connectivity index (χ0) is 12.5. The number of hydrogen-bond acceptors (Lipinski definition) is 3. The van der Waals surface area contributed by atoms with E-state index in [-0.39, 0.29) is 0 Å². The molecule has 0 aromatic heterocycles. The van der Waals surface area contributed by atoms with Crippen molar-refractivity contribution in [3.8, 4) is 0 Å². The number of aliphatic hydroxyl groups is 2. The molecule has 0 saturated carbocycles. The van der Waals surface area contributed by atoms with Crippen LogP contribution in [0.1, 0.15) is 11.7 Å². The summed E-state index contributed by atoms with van der Waals surface area (Å²) in [5.41, 5.74) is -0.781. The molecule has 16 heavy (non-hydrogen) atoms. The summed E-state index contributed by atoms with van der Waals surface area (Å²) in [6.07, 6.45) is -4.42. The Kier molecular flexibility index (Phi) is 3.79. The van der Waals surface area contributed by atoms with E-state index < -0.39 is 40.4 Å². The summed E-state index contributed by atoms with van der Waals surface area (Å²) < 4.78 is 26.1. The van der Waals surface area contributed by atoms with Crippen LogP contribution in [0, 0.1) is 11.6 Å².